The lowest BCUT2D eigenvalue weighted by Gasteiger charge is -2.50. The molecule has 6 nitrogen and oxygen atoms in total. The predicted molar refractivity (Wildman–Crippen MR) is 67.7 cm³/mol. The summed E-state index contributed by atoms with van der Waals surface area (Å²) < 4.78 is 6.22. The van der Waals surface area contributed by atoms with Gasteiger partial charge in [-0.15, -0.1) is 0 Å². The van der Waals surface area contributed by atoms with Crippen molar-refractivity contribution in [3.05, 3.63) is 33.3 Å². The number of nitro groups is 1. The maximum atomic E-state index is 10.9. The molecule has 5 rings (SSSR count). The lowest BCUT2D eigenvalue weighted by molar-refractivity contribution is -0.426. The number of dihydropyridines is 1. The van der Waals surface area contributed by atoms with Gasteiger partial charge in [-0.05, 0) is 25.9 Å². The summed E-state index contributed by atoms with van der Waals surface area (Å²) in [5, 5.41) is 13.9. The number of fused-ring (bicyclic) bond motifs is 2. The van der Waals surface area contributed by atoms with Gasteiger partial charge >= 0.3 is 0 Å². The number of hydrogen-bond acceptors (Lipinski definition) is 5. The molecule has 0 aromatic carbocycles. The number of rotatable bonds is 1. The van der Waals surface area contributed by atoms with Gasteiger partial charge in [-0.3, -0.25) is 15.0 Å². The number of piperidine rings is 3. The molecule has 5 aliphatic heterocycles. The van der Waals surface area contributed by atoms with Crippen LogP contribution in [0, 0.1) is 16.0 Å². The van der Waals surface area contributed by atoms with Gasteiger partial charge < -0.3 is 10.1 Å². The van der Waals surface area contributed by atoms with Crippen LogP contribution in [0.3, 0.4) is 0 Å². The molecule has 0 radical (unpaired) electrons. The van der Waals surface area contributed by atoms with Crippen molar-refractivity contribution in [3.8, 4) is 0 Å². The first-order chi connectivity index (χ1) is 9.16. The van der Waals surface area contributed by atoms with Crippen molar-refractivity contribution in [3.63, 3.8) is 0 Å². The molecule has 1 atom stereocenters. The third-order valence-electron chi connectivity index (χ3n) is 4.91. The van der Waals surface area contributed by atoms with Crippen LogP contribution >= 0.6 is 0 Å². The Morgan fingerprint density at radius 3 is 2.89 bits per heavy atom. The van der Waals surface area contributed by atoms with Gasteiger partial charge in [0.15, 0.2) is 5.88 Å². The average Bonchev–Trinajstić information content (AvgIpc) is 2.76. The summed E-state index contributed by atoms with van der Waals surface area (Å²) in [6, 6.07) is 0. The first-order valence-corrected chi connectivity index (χ1v) is 6.90. The maximum absolute atomic E-state index is 10.9. The van der Waals surface area contributed by atoms with E-state index in [9.17, 15) is 10.1 Å². The zero-order chi connectivity index (χ0) is 13.0. The Bertz CT molecular complexity index is 505. The van der Waals surface area contributed by atoms with Gasteiger partial charge in [-0.2, -0.15) is 0 Å². The van der Waals surface area contributed by atoms with Crippen molar-refractivity contribution in [2.45, 2.75) is 24.9 Å². The molecular weight excluding hydrogens is 246 g/mol. The molecule has 5 aliphatic rings. The summed E-state index contributed by atoms with van der Waals surface area (Å²) in [5.41, 5.74) is 1.09. The van der Waals surface area contributed by atoms with Crippen LogP contribution in [-0.2, 0) is 4.74 Å². The molecular formula is C13H17N3O3. The first-order valence-electron chi connectivity index (χ1n) is 6.90. The Morgan fingerprint density at radius 1 is 1.47 bits per heavy atom. The summed E-state index contributed by atoms with van der Waals surface area (Å²) in [7, 11) is 0. The molecule has 0 saturated carbocycles. The Kier molecular flexibility index (Phi) is 2.21. The monoisotopic (exact) mass is 263 g/mol. The van der Waals surface area contributed by atoms with Gasteiger partial charge in [0.05, 0.1) is 4.92 Å². The van der Waals surface area contributed by atoms with Crippen LogP contribution in [0.25, 0.3) is 0 Å². The van der Waals surface area contributed by atoms with E-state index in [-0.39, 0.29) is 22.8 Å². The highest BCUT2D eigenvalue weighted by atomic mass is 16.6. The molecule has 5 heterocycles. The lowest BCUT2D eigenvalue weighted by Crippen LogP contribution is -2.59. The highest BCUT2D eigenvalue weighted by Crippen LogP contribution is 2.48. The molecule has 1 spiro atoms. The van der Waals surface area contributed by atoms with Crippen LogP contribution < -0.4 is 5.32 Å². The predicted octanol–water partition coefficient (Wildman–Crippen LogP) is 0.846. The molecule has 0 aromatic rings. The van der Waals surface area contributed by atoms with Gasteiger partial charge in [0.1, 0.15) is 12.1 Å². The minimum atomic E-state index is -0.307. The van der Waals surface area contributed by atoms with Crippen LogP contribution in [0.15, 0.2) is 23.2 Å². The van der Waals surface area contributed by atoms with Crippen LogP contribution in [0.1, 0.15) is 19.3 Å². The lowest BCUT2D eigenvalue weighted by atomic mass is 9.73. The molecule has 2 bridgehead atoms. The normalized spacial score (nSPS) is 39.7. The van der Waals surface area contributed by atoms with E-state index in [0.29, 0.717) is 5.92 Å². The highest BCUT2D eigenvalue weighted by Gasteiger charge is 2.53. The largest absolute Gasteiger partial charge is 0.470 e. The third kappa shape index (κ3) is 1.59. The zero-order valence-electron chi connectivity index (χ0n) is 10.7. The Hall–Kier alpha value is -1.56. The smallest absolute Gasteiger partial charge is 0.265 e. The second-order valence-corrected chi connectivity index (χ2v) is 5.99. The Morgan fingerprint density at radius 2 is 2.26 bits per heavy atom. The van der Waals surface area contributed by atoms with Crippen molar-refractivity contribution >= 4 is 0 Å². The fourth-order valence-electron chi connectivity index (χ4n) is 3.95. The molecule has 0 aliphatic carbocycles. The molecule has 19 heavy (non-hydrogen) atoms. The van der Waals surface area contributed by atoms with E-state index in [1.54, 1.807) is 6.08 Å². The van der Waals surface area contributed by atoms with Gasteiger partial charge in [0.25, 0.3) is 5.70 Å². The maximum Gasteiger partial charge on any atom is 0.265 e. The minimum absolute atomic E-state index is 0.128. The van der Waals surface area contributed by atoms with Crippen molar-refractivity contribution in [2.75, 3.05) is 26.2 Å². The van der Waals surface area contributed by atoms with E-state index in [1.165, 1.54) is 25.9 Å². The number of nitrogens with zero attached hydrogens (tertiary/aromatic N) is 2. The second kappa shape index (κ2) is 3.72. The summed E-state index contributed by atoms with van der Waals surface area (Å²) >= 11 is 0. The second-order valence-electron chi connectivity index (χ2n) is 5.99. The van der Waals surface area contributed by atoms with Gasteiger partial charge in [-0.1, -0.05) is 0 Å². The zero-order valence-corrected chi connectivity index (χ0v) is 10.7. The van der Waals surface area contributed by atoms with E-state index in [0.717, 1.165) is 24.4 Å². The number of nitrogens with one attached hydrogen (secondary N) is 1. The standard InChI is InChI=1S/C13H17N3O3/c17-16(18)11-5-9-6-13(19-12(9)14-7-11)8-15-3-1-10(13)2-4-15/h5,10,14H,1-4,6-8H2/t13-/m0/s1. The van der Waals surface area contributed by atoms with Crippen molar-refractivity contribution in [1.82, 2.24) is 10.2 Å². The van der Waals surface area contributed by atoms with Crippen molar-refractivity contribution < 1.29 is 9.66 Å². The van der Waals surface area contributed by atoms with E-state index in [1.807, 2.05) is 0 Å². The van der Waals surface area contributed by atoms with Crippen molar-refractivity contribution in [1.29, 1.82) is 0 Å². The number of allylic oxidation sites excluding steroid dienone is 1. The molecule has 0 unspecified atom stereocenters. The fraction of sp³-hybridized carbons (Fsp3) is 0.692. The van der Waals surface area contributed by atoms with Gasteiger partial charge in [0, 0.05) is 30.5 Å². The minimum Gasteiger partial charge on any atom is -0.470 e. The third-order valence-corrected chi connectivity index (χ3v) is 4.91. The quantitative estimate of drug-likeness (QED) is 0.561. The number of ether oxygens (including phenoxy) is 1. The average molecular weight is 263 g/mol. The van der Waals surface area contributed by atoms with Crippen LogP contribution in [0.4, 0.5) is 0 Å². The first kappa shape index (κ1) is 11.3. The molecule has 102 valence electrons. The number of hydrogen-bond donors (Lipinski definition) is 1. The van der Waals surface area contributed by atoms with E-state index < -0.39 is 0 Å². The summed E-state index contributed by atoms with van der Waals surface area (Å²) in [6.45, 7) is 3.57. The van der Waals surface area contributed by atoms with E-state index in [4.69, 9.17) is 4.74 Å². The molecule has 0 aromatic heterocycles. The van der Waals surface area contributed by atoms with Crippen LogP contribution in [-0.4, -0.2) is 41.6 Å². The molecule has 3 fully saturated rings. The topological polar surface area (TPSA) is 67.6 Å². The van der Waals surface area contributed by atoms with Gasteiger partial charge in [0.2, 0.25) is 0 Å². The molecule has 0 amide bonds. The highest BCUT2D eigenvalue weighted by molar-refractivity contribution is 5.34. The SMILES string of the molecule is O=[N+]([O-])C1=CC2=C(NC1)O[C@@]1(C2)CN2CCC1CC2. The summed E-state index contributed by atoms with van der Waals surface area (Å²) in [5.74, 6) is 1.37. The summed E-state index contributed by atoms with van der Waals surface area (Å²) in [6.07, 6.45) is 4.89. The van der Waals surface area contributed by atoms with E-state index in [2.05, 4.69) is 10.2 Å². The Labute approximate surface area is 111 Å². The molecule has 3 saturated heterocycles. The van der Waals surface area contributed by atoms with E-state index >= 15 is 0 Å². The summed E-state index contributed by atoms with van der Waals surface area (Å²) in [4.78, 5) is 13.0. The fourth-order valence-corrected chi connectivity index (χ4v) is 3.95. The van der Waals surface area contributed by atoms with Gasteiger partial charge in [-0.25, -0.2) is 0 Å². The van der Waals surface area contributed by atoms with Crippen molar-refractivity contribution in [2.24, 2.45) is 5.92 Å². The molecule has 1 N–H and O–H groups in total. The van der Waals surface area contributed by atoms with Crippen LogP contribution in [0.2, 0.25) is 0 Å². The Balaban J connectivity index is 1.61. The molecule has 6 heteroatoms. The van der Waals surface area contributed by atoms with Crippen LogP contribution in [0.5, 0.6) is 0 Å².